The van der Waals surface area contributed by atoms with Crippen molar-refractivity contribution in [3.8, 4) is 0 Å². The zero-order valence-electron chi connectivity index (χ0n) is 14.8. The van der Waals surface area contributed by atoms with Crippen LogP contribution in [0.1, 0.15) is 29.2 Å². The maximum atomic E-state index is 13.6. The maximum Gasteiger partial charge on any atom is 0.490 e. The lowest BCUT2D eigenvalue weighted by Crippen LogP contribution is -2.28. The van der Waals surface area contributed by atoms with Gasteiger partial charge in [-0.2, -0.15) is 26.3 Å². The summed E-state index contributed by atoms with van der Waals surface area (Å²) in [4.78, 5) is 10.7. The van der Waals surface area contributed by atoms with E-state index in [2.05, 4.69) is 10.1 Å². The second-order valence-corrected chi connectivity index (χ2v) is 6.05. The first-order chi connectivity index (χ1) is 13.5. The van der Waals surface area contributed by atoms with E-state index in [1.54, 1.807) is 0 Å². The van der Waals surface area contributed by atoms with E-state index in [0.29, 0.717) is 5.56 Å². The predicted octanol–water partition coefficient (Wildman–Crippen LogP) is 5.02. The van der Waals surface area contributed by atoms with Crippen LogP contribution in [0.4, 0.5) is 30.7 Å². The van der Waals surface area contributed by atoms with Gasteiger partial charge in [-0.1, -0.05) is 24.3 Å². The fourth-order valence-electron chi connectivity index (χ4n) is 2.57. The van der Waals surface area contributed by atoms with E-state index < -0.39 is 42.4 Å². The Hall–Kier alpha value is -2.62. The van der Waals surface area contributed by atoms with Crippen LogP contribution in [0.5, 0.6) is 0 Å². The lowest BCUT2D eigenvalue weighted by molar-refractivity contribution is -0.199. The molecule has 0 aliphatic heterocycles. The Morgan fingerprint density at radius 1 is 0.966 bits per heavy atom. The number of alkyl halides is 6. The smallest absolute Gasteiger partial charge is 0.459 e. The van der Waals surface area contributed by atoms with Crippen LogP contribution in [-0.2, 0) is 15.7 Å². The number of carbonyl (C=O) groups excluding carboxylic acids is 1. The van der Waals surface area contributed by atoms with Gasteiger partial charge in [-0.05, 0) is 48.4 Å². The molecule has 1 unspecified atom stereocenters. The molecule has 0 spiro atoms. The fourth-order valence-corrected chi connectivity index (χ4v) is 2.57. The van der Waals surface area contributed by atoms with Crippen molar-refractivity contribution >= 4 is 5.97 Å². The topological polar surface area (TPSA) is 38.3 Å². The molecule has 0 radical (unpaired) electrons. The Morgan fingerprint density at radius 3 is 2.17 bits per heavy atom. The molecule has 0 fully saturated rings. The molecule has 158 valence electrons. The van der Waals surface area contributed by atoms with Crippen molar-refractivity contribution in [2.45, 2.75) is 24.8 Å². The largest absolute Gasteiger partial charge is 0.490 e. The summed E-state index contributed by atoms with van der Waals surface area (Å²) < 4.78 is 92.9. The minimum Gasteiger partial charge on any atom is -0.459 e. The molecule has 3 nitrogen and oxygen atoms in total. The summed E-state index contributed by atoms with van der Waals surface area (Å²) in [6.07, 6.45) is -9.71. The molecule has 10 heteroatoms. The molecule has 1 atom stereocenters. The van der Waals surface area contributed by atoms with Crippen molar-refractivity contribution in [1.82, 2.24) is 5.32 Å². The molecule has 29 heavy (non-hydrogen) atoms. The lowest BCUT2D eigenvalue weighted by Gasteiger charge is -2.21. The van der Waals surface area contributed by atoms with Gasteiger partial charge in [0, 0.05) is 0 Å². The molecule has 0 saturated heterocycles. The van der Waals surface area contributed by atoms with Crippen molar-refractivity contribution in [1.29, 1.82) is 0 Å². The zero-order valence-corrected chi connectivity index (χ0v) is 14.8. The van der Waals surface area contributed by atoms with Gasteiger partial charge in [0.25, 0.3) is 0 Å². The Bertz CT molecular complexity index is 834. The lowest BCUT2D eigenvalue weighted by atomic mass is 9.96. The number of hydrogen-bond donors (Lipinski definition) is 1. The zero-order chi connectivity index (χ0) is 21.7. The minimum atomic E-state index is -5.10. The molecule has 0 bridgehead atoms. The first-order valence-corrected chi connectivity index (χ1v) is 8.38. The fraction of sp³-hybridized carbons (Fsp3) is 0.316. The summed E-state index contributed by atoms with van der Waals surface area (Å²) in [6, 6.07) is 8.77. The average molecular weight is 423 g/mol. The minimum absolute atomic E-state index is 0.00254. The van der Waals surface area contributed by atoms with Crippen LogP contribution in [0.2, 0.25) is 0 Å². The van der Waals surface area contributed by atoms with Crippen LogP contribution in [0.3, 0.4) is 0 Å². The Labute approximate surface area is 161 Å². The maximum absolute atomic E-state index is 13.6. The van der Waals surface area contributed by atoms with Crippen molar-refractivity contribution in [3.63, 3.8) is 0 Å². The van der Waals surface area contributed by atoms with E-state index in [-0.39, 0.29) is 18.5 Å². The van der Waals surface area contributed by atoms with E-state index in [4.69, 9.17) is 0 Å². The molecule has 0 saturated carbocycles. The van der Waals surface area contributed by atoms with Gasteiger partial charge < -0.3 is 10.1 Å². The molecule has 0 aliphatic rings. The number of hydrogen-bond acceptors (Lipinski definition) is 3. The third kappa shape index (κ3) is 6.74. The molecular formula is C19H16F7NO2. The van der Waals surface area contributed by atoms with Gasteiger partial charge >= 0.3 is 18.3 Å². The van der Waals surface area contributed by atoms with Gasteiger partial charge in [0.1, 0.15) is 5.82 Å². The Morgan fingerprint density at radius 2 is 1.59 bits per heavy atom. The van der Waals surface area contributed by atoms with E-state index in [0.717, 1.165) is 18.2 Å². The van der Waals surface area contributed by atoms with Crippen LogP contribution < -0.4 is 5.32 Å². The van der Waals surface area contributed by atoms with Gasteiger partial charge in [0.05, 0.1) is 18.2 Å². The Balaban J connectivity index is 2.12. The second kappa shape index (κ2) is 9.25. The van der Waals surface area contributed by atoms with Crippen LogP contribution in [-0.4, -0.2) is 25.3 Å². The first-order valence-electron chi connectivity index (χ1n) is 8.38. The highest BCUT2D eigenvalue weighted by Gasteiger charge is 2.40. The quantitative estimate of drug-likeness (QED) is 0.386. The molecule has 0 amide bonds. The van der Waals surface area contributed by atoms with Gasteiger partial charge in [-0.15, -0.1) is 0 Å². The second-order valence-electron chi connectivity index (χ2n) is 6.05. The number of esters is 1. The van der Waals surface area contributed by atoms with Gasteiger partial charge in [0.15, 0.2) is 0 Å². The molecule has 0 aliphatic carbocycles. The number of carbonyl (C=O) groups is 1. The van der Waals surface area contributed by atoms with E-state index in [9.17, 15) is 35.5 Å². The molecule has 2 aromatic rings. The standard InChI is InChI=1S/C19H16F7NO2/c20-15-7-2-5-13(11-15)16(12-4-1-6-14(10-12)18(21,22)23)27-8-3-9-29-17(28)19(24,25)26/h1-2,4-7,10-11,16,27H,3,8-9H2. The van der Waals surface area contributed by atoms with E-state index >= 15 is 0 Å². The summed E-state index contributed by atoms with van der Waals surface area (Å²) in [5.74, 6) is -2.92. The summed E-state index contributed by atoms with van der Waals surface area (Å²) in [6.45, 7) is -0.535. The number of benzene rings is 2. The highest BCUT2D eigenvalue weighted by molar-refractivity contribution is 5.75. The van der Waals surface area contributed by atoms with Crippen molar-refractivity contribution in [3.05, 3.63) is 71.0 Å². The van der Waals surface area contributed by atoms with Crippen molar-refractivity contribution < 1.29 is 40.3 Å². The van der Waals surface area contributed by atoms with Gasteiger partial charge in [-0.3, -0.25) is 0 Å². The summed E-state index contributed by atoms with van der Waals surface area (Å²) >= 11 is 0. The number of halogens is 7. The number of nitrogens with one attached hydrogen (secondary N) is 1. The third-order valence-electron chi connectivity index (χ3n) is 3.86. The van der Waals surface area contributed by atoms with E-state index in [1.165, 1.54) is 30.3 Å². The summed E-state index contributed by atoms with van der Waals surface area (Å²) in [5.41, 5.74) is -0.369. The Kier molecular flexibility index (Phi) is 7.23. The summed E-state index contributed by atoms with van der Waals surface area (Å²) in [5, 5.41) is 2.86. The highest BCUT2D eigenvalue weighted by atomic mass is 19.4. The van der Waals surface area contributed by atoms with E-state index in [1.807, 2.05) is 0 Å². The number of rotatable bonds is 7. The SMILES string of the molecule is O=C(OCCCNC(c1cccc(F)c1)c1cccc(C(F)(F)F)c1)C(F)(F)F. The van der Waals surface area contributed by atoms with Crippen LogP contribution in [0.15, 0.2) is 48.5 Å². The number of ether oxygens (including phenoxy) is 1. The van der Waals surface area contributed by atoms with Gasteiger partial charge in [0.2, 0.25) is 0 Å². The van der Waals surface area contributed by atoms with Crippen molar-refractivity contribution in [2.75, 3.05) is 13.2 Å². The first kappa shape index (κ1) is 22.7. The summed E-state index contributed by atoms with van der Waals surface area (Å²) in [7, 11) is 0. The third-order valence-corrected chi connectivity index (χ3v) is 3.86. The molecule has 1 N–H and O–H groups in total. The monoisotopic (exact) mass is 423 g/mol. The van der Waals surface area contributed by atoms with Crippen LogP contribution >= 0.6 is 0 Å². The van der Waals surface area contributed by atoms with Gasteiger partial charge in [-0.25, -0.2) is 9.18 Å². The molecule has 0 heterocycles. The molecular weight excluding hydrogens is 407 g/mol. The van der Waals surface area contributed by atoms with Crippen molar-refractivity contribution in [2.24, 2.45) is 0 Å². The molecule has 0 aromatic heterocycles. The molecule has 2 rings (SSSR count). The van der Waals surface area contributed by atoms with Crippen LogP contribution in [0.25, 0.3) is 0 Å². The normalized spacial score (nSPS) is 13.2. The van der Waals surface area contributed by atoms with Crippen LogP contribution in [0, 0.1) is 5.82 Å². The average Bonchev–Trinajstić information content (AvgIpc) is 2.63. The molecule has 2 aromatic carbocycles. The highest BCUT2D eigenvalue weighted by Crippen LogP contribution is 2.32. The predicted molar refractivity (Wildman–Crippen MR) is 89.3 cm³/mol.